The minimum absolute atomic E-state index is 0.132. The van der Waals surface area contributed by atoms with Crippen LogP contribution in [0.1, 0.15) is 37.6 Å². The molecule has 0 unspecified atom stereocenters. The predicted octanol–water partition coefficient (Wildman–Crippen LogP) is 2.84. The number of rotatable bonds is 8. The molecule has 0 aliphatic heterocycles. The molecule has 9 nitrogen and oxygen atoms in total. The van der Waals surface area contributed by atoms with E-state index in [4.69, 9.17) is 23.7 Å². The smallest absolute Gasteiger partial charge is 0.341 e. The maximum Gasteiger partial charge on any atom is 0.341 e. The number of hydrogen-bond acceptors (Lipinski definition) is 9. The molecule has 1 aromatic heterocycles. The van der Waals surface area contributed by atoms with Gasteiger partial charge in [-0.2, -0.15) is 0 Å². The van der Waals surface area contributed by atoms with Crippen LogP contribution < -0.4 is 19.5 Å². The molecule has 2 aromatic rings. The highest BCUT2D eigenvalue weighted by Gasteiger charge is 2.28. The van der Waals surface area contributed by atoms with Crippen molar-refractivity contribution in [3.05, 3.63) is 33.7 Å². The second-order valence-electron chi connectivity index (χ2n) is 6.59. The molecular weight excluding hydrogens is 426 g/mol. The molecule has 10 heteroatoms. The number of anilines is 1. The number of nitrogens with one attached hydrogen (secondary N) is 1. The third kappa shape index (κ3) is 4.58. The second-order valence-corrected chi connectivity index (χ2v) is 7.70. The van der Waals surface area contributed by atoms with Crippen LogP contribution in [0.4, 0.5) is 5.00 Å². The molecule has 0 saturated heterocycles. The minimum atomic E-state index is -0.740. The molecule has 1 aliphatic carbocycles. The molecule has 31 heavy (non-hydrogen) atoms. The highest BCUT2D eigenvalue weighted by molar-refractivity contribution is 7.17. The van der Waals surface area contributed by atoms with E-state index < -0.39 is 24.5 Å². The topological polar surface area (TPSA) is 109 Å². The fraction of sp³-hybridized carbons (Fsp3) is 0.381. The summed E-state index contributed by atoms with van der Waals surface area (Å²) >= 11 is 1.35. The van der Waals surface area contributed by atoms with Crippen LogP contribution in [0.25, 0.3) is 0 Å². The lowest BCUT2D eigenvalue weighted by Gasteiger charge is -2.13. The van der Waals surface area contributed by atoms with Gasteiger partial charge < -0.3 is 29.0 Å². The Morgan fingerprint density at radius 3 is 2.23 bits per heavy atom. The lowest BCUT2D eigenvalue weighted by Crippen LogP contribution is -2.21. The van der Waals surface area contributed by atoms with Crippen molar-refractivity contribution < 1.29 is 38.1 Å². The van der Waals surface area contributed by atoms with Crippen molar-refractivity contribution >= 4 is 34.2 Å². The van der Waals surface area contributed by atoms with E-state index >= 15 is 0 Å². The first-order valence-corrected chi connectivity index (χ1v) is 10.2. The van der Waals surface area contributed by atoms with E-state index in [1.54, 1.807) is 0 Å². The molecule has 1 N–H and O–H groups in total. The zero-order valence-corrected chi connectivity index (χ0v) is 18.5. The first kappa shape index (κ1) is 22.4. The number of benzene rings is 1. The van der Waals surface area contributed by atoms with Crippen molar-refractivity contribution in [1.29, 1.82) is 0 Å². The molecule has 0 radical (unpaired) electrons. The van der Waals surface area contributed by atoms with E-state index in [0.717, 1.165) is 29.7 Å². The molecule has 1 amide bonds. The number of fused-ring (bicyclic) bond motifs is 1. The van der Waals surface area contributed by atoms with Gasteiger partial charge in [-0.3, -0.25) is 4.79 Å². The molecule has 0 saturated carbocycles. The van der Waals surface area contributed by atoms with Gasteiger partial charge in [0, 0.05) is 4.88 Å². The van der Waals surface area contributed by atoms with Crippen molar-refractivity contribution in [2.24, 2.45) is 0 Å². The average Bonchev–Trinajstić information content (AvgIpc) is 3.36. The highest BCUT2D eigenvalue weighted by atomic mass is 32.1. The van der Waals surface area contributed by atoms with Crippen molar-refractivity contribution in [3.63, 3.8) is 0 Å². The Morgan fingerprint density at radius 1 is 0.968 bits per heavy atom. The standard InChI is InChI=1S/C21H23NO8S/c1-26-13-8-11(9-14(27-2)18(13)28-3)20(24)30-10-16(23)22-19-17(21(25)29-4)12-6-5-7-15(12)31-19/h8-9H,5-7,10H2,1-4H3,(H,22,23). The Kier molecular flexibility index (Phi) is 7.01. The van der Waals surface area contributed by atoms with Crippen LogP contribution in [0.5, 0.6) is 17.2 Å². The number of methoxy groups -OCH3 is 4. The zero-order chi connectivity index (χ0) is 22.5. The molecule has 0 spiro atoms. The normalized spacial score (nSPS) is 12.0. The number of amides is 1. The van der Waals surface area contributed by atoms with Crippen LogP contribution in [0, 0.1) is 0 Å². The summed E-state index contributed by atoms with van der Waals surface area (Å²) in [7, 11) is 5.60. The SMILES string of the molecule is COC(=O)c1c(NC(=O)COC(=O)c2cc(OC)c(OC)c(OC)c2)sc2c1CCC2. The number of carbonyl (C=O) groups is 3. The van der Waals surface area contributed by atoms with Gasteiger partial charge in [0.15, 0.2) is 18.1 Å². The number of ether oxygens (including phenoxy) is 5. The Hall–Kier alpha value is -3.27. The Labute approximate surface area is 183 Å². The fourth-order valence-electron chi connectivity index (χ4n) is 3.39. The highest BCUT2D eigenvalue weighted by Crippen LogP contribution is 2.40. The fourth-order valence-corrected chi connectivity index (χ4v) is 4.68. The summed E-state index contributed by atoms with van der Waals surface area (Å²) in [5, 5.41) is 3.07. The van der Waals surface area contributed by atoms with E-state index in [1.807, 2.05) is 0 Å². The second kappa shape index (κ2) is 9.69. The molecule has 3 rings (SSSR count). The van der Waals surface area contributed by atoms with E-state index in [1.165, 1.54) is 51.9 Å². The maximum atomic E-state index is 12.4. The van der Waals surface area contributed by atoms with Crippen LogP contribution in [-0.4, -0.2) is 52.9 Å². The van der Waals surface area contributed by atoms with Gasteiger partial charge in [0.2, 0.25) is 5.75 Å². The van der Waals surface area contributed by atoms with Crippen molar-refractivity contribution in [1.82, 2.24) is 0 Å². The van der Waals surface area contributed by atoms with Gasteiger partial charge in [-0.1, -0.05) is 0 Å². The number of hydrogen-bond donors (Lipinski definition) is 1. The van der Waals surface area contributed by atoms with Crippen molar-refractivity contribution in [2.45, 2.75) is 19.3 Å². The monoisotopic (exact) mass is 449 g/mol. The summed E-state index contributed by atoms with van der Waals surface area (Å²) < 4.78 is 25.6. The molecule has 1 aromatic carbocycles. The maximum absolute atomic E-state index is 12.4. The van der Waals surface area contributed by atoms with E-state index in [-0.39, 0.29) is 17.1 Å². The van der Waals surface area contributed by atoms with Gasteiger partial charge in [-0.05, 0) is 37.0 Å². The predicted molar refractivity (Wildman–Crippen MR) is 113 cm³/mol. The summed E-state index contributed by atoms with van der Waals surface area (Å²) in [5.41, 5.74) is 1.43. The number of carbonyl (C=O) groups excluding carboxylic acids is 3. The van der Waals surface area contributed by atoms with Crippen molar-refractivity contribution in [3.8, 4) is 17.2 Å². The first-order valence-electron chi connectivity index (χ1n) is 9.43. The minimum Gasteiger partial charge on any atom is -0.493 e. The number of thiophene rings is 1. The van der Waals surface area contributed by atoms with Crippen LogP contribution >= 0.6 is 11.3 Å². The Morgan fingerprint density at radius 2 is 1.65 bits per heavy atom. The number of esters is 2. The van der Waals surface area contributed by atoms with E-state index in [9.17, 15) is 14.4 Å². The summed E-state index contributed by atoms with van der Waals surface area (Å²) in [6, 6.07) is 2.86. The van der Waals surface area contributed by atoms with Crippen molar-refractivity contribution in [2.75, 3.05) is 40.4 Å². The Bertz CT molecular complexity index is 988. The quantitative estimate of drug-likeness (QED) is 0.613. The van der Waals surface area contributed by atoms with Crippen LogP contribution in [0.15, 0.2) is 12.1 Å². The van der Waals surface area contributed by atoms with Gasteiger partial charge in [0.1, 0.15) is 5.00 Å². The molecule has 0 bridgehead atoms. The largest absolute Gasteiger partial charge is 0.493 e. The lowest BCUT2D eigenvalue weighted by atomic mass is 10.1. The molecule has 0 atom stereocenters. The van der Waals surface area contributed by atoms with E-state index in [0.29, 0.717) is 16.3 Å². The number of aryl methyl sites for hydroxylation is 1. The summed E-state index contributed by atoms with van der Waals surface area (Å²) in [6.45, 7) is -0.529. The van der Waals surface area contributed by atoms with Gasteiger partial charge in [0.25, 0.3) is 5.91 Å². The van der Waals surface area contributed by atoms with Crippen LogP contribution in [0.3, 0.4) is 0 Å². The summed E-state index contributed by atoms with van der Waals surface area (Å²) in [6.07, 6.45) is 2.59. The van der Waals surface area contributed by atoms with Gasteiger partial charge >= 0.3 is 11.9 Å². The van der Waals surface area contributed by atoms with Gasteiger partial charge in [-0.25, -0.2) is 9.59 Å². The third-order valence-electron chi connectivity index (χ3n) is 4.80. The first-order chi connectivity index (χ1) is 14.9. The molecular formula is C21H23NO8S. The van der Waals surface area contributed by atoms with E-state index in [2.05, 4.69) is 5.32 Å². The molecule has 1 heterocycles. The van der Waals surface area contributed by atoms with Crippen LogP contribution in [0.2, 0.25) is 0 Å². The van der Waals surface area contributed by atoms with Crippen LogP contribution in [-0.2, 0) is 27.1 Å². The zero-order valence-electron chi connectivity index (χ0n) is 17.7. The summed E-state index contributed by atoms with van der Waals surface area (Å²) in [4.78, 5) is 38.1. The average molecular weight is 449 g/mol. The Balaban J connectivity index is 1.70. The summed E-state index contributed by atoms with van der Waals surface area (Å²) in [5.74, 6) is -0.894. The van der Waals surface area contributed by atoms with Gasteiger partial charge in [0.05, 0.1) is 39.6 Å². The third-order valence-corrected chi connectivity index (χ3v) is 6.01. The molecule has 1 aliphatic rings. The molecule has 0 fully saturated rings. The lowest BCUT2D eigenvalue weighted by molar-refractivity contribution is -0.119. The van der Waals surface area contributed by atoms with Gasteiger partial charge in [-0.15, -0.1) is 11.3 Å². The molecule has 166 valence electrons.